The molecular weight excluding hydrogens is 424 g/mol. The topological polar surface area (TPSA) is 37.4 Å². The first-order chi connectivity index (χ1) is 11.5. The lowest BCUT2D eigenvalue weighted by Crippen LogP contribution is -2.36. The van der Waals surface area contributed by atoms with Crippen LogP contribution in [0.2, 0.25) is 0 Å². The third-order valence-corrected chi connectivity index (χ3v) is 10.3. The van der Waals surface area contributed by atoms with Crippen LogP contribution in [0.5, 0.6) is 0 Å². The summed E-state index contributed by atoms with van der Waals surface area (Å²) in [6, 6.07) is 6.94. The molecule has 0 spiro atoms. The number of hydrogen-bond acceptors (Lipinski definition) is 2. The van der Waals surface area contributed by atoms with Crippen LogP contribution in [0.15, 0.2) is 29.2 Å². The maximum atomic E-state index is 13.0. The van der Waals surface area contributed by atoms with E-state index in [1.165, 1.54) is 0 Å². The number of sulfonamides is 1. The van der Waals surface area contributed by atoms with Crippen LogP contribution in [0.3, 0.4) is 0 Å². The average Bonchev–Trinajstić information content (AvgIpc) is 2.79. The minimum atomic E-state index is -3.53. The second kappa shape index (κ2) is 5.42. The lowest BCUT2D eigenvalue weighted by Gasteiger charge is -2.29. The fourth-order valence-electron chi connectivity index (χ4n) is 5.06. The third-order valence-electron chi connectivity index (χ3n) is 6.41. The quantitative estimate of drug-likeness (QED) is 0.610. The summed E-state index contributed by atoms with van der Waals surface area (Å²) in [5.74, 6) is 0. The van der Waals surface area contributed by atoms with E-state index in [9.17, 15) is 8.42 Å². The molecule has 8 heteroatoms. The van der Waals surface area contributed by atoms with Crippen LogP contribution in [-0.4, -0.2) is 34.5 Å². The maximum absolute atomic E-state index is 13.0. The van der Waals surface area contributed by atoms with E-state index in [1.807, 2.05) is 19.1 Å². The van der Waals surface area contributed by atoms with Crippen molar-refractivity contribution < 1.29 is 8.42 Å². The van der Waals surface area contributed by atoms with Crippen LogP contribution in [0, 0.1) is 17.8 Å². The van der Waals surface area contributed by atoms with Gasteiger partial charge in [-0.1, -0.05) is 17.7 Å². The molecule has 0 aromatic heterocycles. The van der Waals surface area contributed by atoms with Crippen LogP contribution >= 0.6 is 46.4 Å². The van der Waals surface area contributed by atoms with Gasteiger partial charge in [-0.3, -0.25) is 0 Å². The van der Waals surface area contributed by atoms with E-state index in [0.29, 0.717) is 43.7 Å². The van der Waals surface area contributed by atoms with Crippen molar-refractivity contribution in [2.75, 3.05) is 13.1 Å². The molecule has 1 heterocycles. The zero-order valence-corrected chi connectivity index (χ0v) is 17.6. The molecule has 2 aliphatic carbocycles. The maximum Gasteiger partial charge on any atom is 0.243 e. The van der Waals surface area contributed by atoms with E-state index in [0.717, 1.165) is 5.56 Å². The Bertz CT molecular complexity index is 796. The molecule has 1 saturated heterocycles. The van der Waals surface area contributed by atoms with Gasteiger partial charge in [-0.2, -0.15) is 4.31 Å². The molecule has 0 N–H and O–H groups in total. The molecule has 3 fully saturated rings. The zero-order chi connectivity index (χ0) is 18.3. The molecule has 25 heavy (non-hydrogen) atoms. The van der Waals surface area contributed by atoms with E-state index in [2.05, 4.69) is 0 Å². The molecule has 0 radical (unpaired) electrons. The van der Waals surface area contributed by atoms with Gasteiger partial charge in [0.1, 0.15) is 8.67 Å². The van der Waals surface area contributed by atoms with E-state index < -0.39 is 29.5 Å². The van der Waals surface area contributed by atoms with Crippen molar-refractivity contribution in [2.24, 2.45) is 10.8 Å². The highest BCUT2D eigenvalue weighted by molar-refractivity contribution is 7.89. The molecule has 1 aromatic rings. The Morgan fingerprint density at radius 2 is 1.40 bits per heavy atom. The number of rotatable bonds is 2. The van der Waals surface area contributed by atoms with Crippen molar-refractivity contribution in [2.45, 2.75) is 46.2 Å². The van der Waals surface area contributed by atoms with E-state index in [4.69, 9.17) is 46.4 Å². The third kappa shape index (κ3) is 2.37. The normalized spacial score (nSPS) is 36.4. The Balaban J connectivity index is 1.62. The van der Waals surface area contributed by atoms with Gasteiger partial charge in [-0.25, -0.2) is 8.42 Å². The van der Waals surface area contributed by atoms with Gasteiger partial charge in [-0.05, 0) is 44.7 Å². The zero-order valence-electron chi connectivity index (χ0n) is 13.7. The Morgan fingerprint density at radius 3 is 1.88 bits per heavy atom. The number of halogens is 4. The van der Waals surface area contributed by atoms with Crippen LogP contribution in [0.25, 0.3) is 0 Å². The van der Waals surface area contributed by atoms with E-state index in [-0.39, 0.29) is 0 Å². The molecule has 3 nitrogen and oxygen atoms in total. The summed E-state index contributed by atoms with van der Waals surface area (Å²) < 4.78 is 25.8. The van der Waals surface area contributed by atoms with Gasteiger partial charge >= 0.3 is 0 Å². The summed E-state index contributed by atoms with van der Waals surface area (Å²) in [6.45, 7) is 2.69. The molecule has 2 unspecified atom stereocenters. The molecule has 1 aromatic carbocycles. The Labute approximate surface area is 168 Å². The highest BCUT2D eigenvalue weighted by Crippen LogP contribution is 2.90. The molecule has 3 aliphatic rings. The summed E-state index contributed by atoms with van der Waals surface area (Å²) in [5, 5.41) is 0. The second-order valence-electron chi connectivity index (χ2n) is 7.67. The summed E-state index contributed by atoms with van der Waals surface area (Å²) in [5.41, 5.74) is 0.229. The van der Waals surface area contributed by atoms with Gasteiger partial charge in [0.05, 0.1) is 4.90 Å². The molecule has 4 rings (SSSR count). The van der Waals surface area contributed by atoms with Gasteiger partial charge in [0.2, 0.25) is 10.0 Å². The van der Waals surface area contributed by atoms with Crippen LogP contribution in [-0.2, 0) is 10.0 Å². The molecule has 1 aliphatic heterocycles. The van der Waals surface area contributed by atoms with Crippen molar-refractivity contribution in [3.8, 4) is 0 Å². The van der Waals surface area contributed by atoms with Crippen molar-refractivity contribution in [3.05, 3.63) is 29.8 Å². The lowest BCUT2D eigenvalue weighted by molar-refractivity contribution is 0.363. The predicted molar refractivity (Wildman–Crippen MR) is 102 cm³/mol. The average molecular weight is 443 g/mol. The number of hydrogen-bond donors (Lipinski definition) is 0. The van der Waals surface area contributed by atoms with Crippen molar-refractivity contribution in [3.63, 3.8) is 0 Å². The van der Waals surface area contributed by atoms with Gasteiger partial charge in [0, 0.05) is 23.9 Å². The molecule has 138 valence electrons. The number of alkyl halides is 4. The Kier molecular flexibility index (Phi) is 4.04. The van der Waals surface area contributed by atoms with Gasteiger partial charge < -0.3 is 0 Å². The monoisotopic (exact) mass is 441 g/mol. The summed E-state index contributed by atoms with van der Waals surface area (Å²) in [6.07, 6.45) is 2.17. The van der Waals surface area contributed by atoms with Crippen LogP contribution in [0.4, 0.5) is 0 Å². The lowest BCUT2D eigenvalue weighted by atomic mass is 9.92. The second-order valence-corrected chi connectivity index (χ2v) is 12.6. The Morgan fingerprint density at radius 1 is 0.920 bits per heavy atom. The fourth-order valence-corrected chi connectivity index (χ4v) is 8.69. The SMILES string of the molecule is Cc1ccc(S(=O)(=O)N2CCC34CC(Cl)(Cl)CC3(CC2)C4(Cl)Cl)cc1. The van der Waals surface area contributed by atoms with Crippen LogP contribution in [0.1, 0.15) is 31.2 Å². The van der Waals surface area contributed by atoms with E-state index >= 15 is 0 Å². The highest BCUT2D eigenvalue weighted by Gasteiger charge is 2.90. The van der Waals surface area contributed by atoms with Gasteiger partial charge in [0.15, 0.2) is 0 Å². The molecule has 0 amide bonds. The smallest absolute Gasteiger partial charge is 0.207 e. The van der Waals surface area contributed by atoms with Crippen molar-refractivity contribution in [1.29, 1.82) is 0 Å². The van der Waals surface area contributed by atoms with Crippen LogP contribution < -0.4 is 0 Å². The largest absolute Gasteiger partial charge is 0.243 e. The highest BCUT2D eigenvalue weighted by atomic mass is 35.5. The van der Waals surface area contributed by atoms with Crippen molar-refractivity contribution >= 4 is 56.4 Å². The first-order valence-electron chi connectivity index (χ1n) is 8.30. The number of benzene rings is 1. The first kappa shape index (κ1) is 18.6. The molecule has 2 atom stereocenters. The van der Waals surface area contributed by atoms with Gasteiger partial charge in [0.25, 0.3) is 0 Å². The predicted octanol–water partition coefficient (Wildman–Crippen LogP) is 4.91. The number of nitrogens with zero attached hydrogens (tertiary/aromatic N) is 1. The van der Waals surface area contributed by atoms with E-state index in [1.54, 1.807) is 16.4 Å². The molecule has 2 saturated carbocycles. The number of aryl methyl sites for hydroxylation is 1. The molecular formula is C17H19Cl4NO2S. The first-order valence-corrected chi connectivity index (χ1v) is 11.3. The van der Waals surface area contributed by atoms with Gasteiger partial charge in [-0.15, -0.1) is 46.4 Å². The summed E-state index contributed by atoms with van der Waals surface area (Å²) in [4.78, 5) is 0.320. The van der Waals surface area contributed by atoms with Crippen molar-refractivity contribution in [1.82, 2.24) is 4.31 Å². The minimum Gasteiger partial charge on any atom is -0.207 e. The Hall–Kier alpha value is 0.290. The minimum absolute atomic E-state index is 0.320. The standard InChI is InChI=1S/C17H19Cl4NO2S/c1-12-2-4-13(5-3-12)25(23,24)22-8-6-14-10-16(18,19)11-15(14,7-9-22)17(14,20)21/h2-5H,6-11H2,1H3. The summed E-state index contributed by atoms with van der Waals surface area (Å²) >= 11 is 26.1. The molecule has 0 bridgehead atoms. The fraction of sp³-hybridized carbons (Fsp3) is 0.647. The summed E-state index contributed by atoms with van der Waals surface area (Å²) in [7, 11) is -3.53.